The average Bonchev–Trinajstić information content (AvgIpc) is 3.02. The molecule has 3 aromatic carbocycles. The predicted octanol–water partition coefficient (Wildman–Crippen LogP) is 5.88. The first-order valence-corrected chi connectivity index (χ1v) is 15.1. The molecule has 1 unspecified atom stereocenters. The van der Waals surface area contributed by atoms with Gasteiger partial charge in [-0.3, -0.25) is 14.6 Å². The Balaban J connectivity index is 1.35. The third kappa shape index (κ3) is 7.72. The summed E-state index contributed by atoms with van der Waals surface area (Å²) in [5, 5.41) is 17.6. The van der Waals surface area contributed by atoms with Crippen LogP contribution in [0.25, 0.3) is 10.8 Å². The van der Waals surface area contributed by atoms with Gasteiger partial charge < -0.3 is 25.2 Å². The van der Waals surface area contributed by atoms with E-state index in [0.717, 1.165) is 30.4 Å². The highest BCUT2D eigenvalue weighted by molar-refractivity contribution is 6.04. The molecule has 0 radical (unpaired) electrons. The van der Waals surface area contributed by atoms with Gasteiger partial charge in [0.1, 0.15) is 5.75 Å². The molecule has 0 aliphatic carbocycles. The molecule has 2 amide bonds. The first kappa shape index (κ1) is 32.2. The third-order valence-corrected chi connectivity index (χ3v) is 7.44. The molecule has 2 heterocycles. The number of carboxylic acid groups (broad SMARTS) is 1. The maximum atomic E-state index is 13.2. The lowest BCUT2D eigenvalue weighted by atomic mass is 10.0. The van der Waals surface area contributed by atoms with Crippen LogP contribution in [0.5, 0.6) is 11.6 Å². The molecule has 3 N–H and O–H groups in total. The minimum absolute atomic E-state index is 0.0699. The number of rotatable bonds is 9. The second kappa shape index (κ2) is 13.9. The summed E-state index contributed by atoms with van der Waals surface area (Å²) in [5.74, 6) is 3.39. The molecule has 1 aliphatic rings. The predicted molar refractivity (Wildman–Crippen MR) is 178 cm³/mol. The summed E-state index contributed by atoms with van der Waals surface area (Å²) in [7, 11) is 0. The molecule has 0 spiro atoms. The van der Waals surface area contributed by atoms with E-state index in [1.165, 1.54) is 4.90 Å². The molecular formula is C35H38N6O5. The van der Waals surface area contributed by atoms with Crippen LogP contribution in [0.15, 0.2) is 66.9 Å². The van der Waals surface area contributed by atoms with Crippen molar-refractivity contribution in [3.8, 4) is 24.0 Å². The summed E-state index contributed by atoms with van der Waals surface area (Å²) < 4.78 is 11.6. The molecule has 1 saturated heterocycles. The number of benzene rings is 3. The van der Waals surface area contributed by atoms with Crippen molar-refractivity contribution >= 4 is 40.1 Å². The first-order chi connectivity index (χ1) is 22.0. The monoisotopic (exact) mass is 622 g/mol. The number of amides is 2. The van der Waals surface area contributed by atoms with Gasteiger partial charge in [-0.2, -0.15) is 4.98 Å². The van der Waals surface area contributed by atoms with Gasteiger partial charge in [0.15, 0.2) is 0 Å². The number of nitrogens with one attached hydrogen (secondary N) is 2. The van der Waals surface area contributed by atoms with Crippen LogP contribution in [-0.2, 0) is 4.74 Å². The molecule has 1 atom stereocenters. The van der Waals surface area contributed by atoms with Crippen molar-refractivity contribution < 1.29 is 24.2 Å². The SMILES string of the molecule is C#Cc1cc(Nc2nccc(Oc3ccc(N(C(=O)O)C(C)(C)C)c4ccccc34)n2)cc(C(=O)NC(C)CN2CCOCC2)c1. The van der Waals surface area contributed by atoms with Crippen molar-refractivity contribution in [2.24, 2.45) is 0 Å². The molecule has 4 aromatic rings. The summed E-state index contributed by atoms with van der Waals surface area (Å²) in [6, 6.07) is 17.6. The van der Waals surface area contributed by atoms with Crippen LogP contribution in [0.2, 0.25) is 0 Å². The zero-order valence-corrected chi connectivity index (χ0v) is 26.4. The second-order valence-electron chi connectivity index (χ2n) is 12.1. The van der Waals surface area contributed by atoms with Crippen molar-refractivity contribution in [1.82, 2.24) is 20.2 Å². The van der Waals surface area contributed by atoms with E-state index < -0.39 is 11.6 Å². The largest absolute Gasteiger partial charge is 0.465 e. The van der Waals surface area contributed by atoms with Crippen LogP contribution in [0.4, 0.5) is 22.1 Å². The van der Waals surface area contributed by atoms with Gasteiger partial charge in [-0.15, -0.1) is 6.42 Å². The fraction of sp³-hybridized carbons (Fsp3) is 0.314. The van der Waals surface area contributed by atoms with E-state index in [1.54, 1.807) is 42.6 Å². The molecule has 1 fully saturated rings. The molecule has 0 saturated carbocycles. The van der Waals surface area contributed by atoms with Crippen LogP contribution >= 0.6 is 0 Å². The van der Waals surface area contributed by atoms with Gasteiger partial charge >= 0.3 is 6.09 Å². The van der Waals surface area contributed by atoms with E-state index in [9.17, 15) is 14.7 Å². The summed E-state index contributed by atoms with van der Waals surface area (Å²) in [6.45, 7) is 11.3. The summed E-state index contributed by atoms with van der Waals surface area (Å²) >= 11 is 0. The number of hydrogen-bond acceptors (Lipinski definition) is 8. The van der Waals surface area contributed by atoms with Crippen LogP contribution in [0, 0.1) is 12.3 Å². The van der Waals surface area contributed by atoms with Crippen LogP contribution in [-0.4, -0.2) is 76.4 Å². The Morgan fingerprint density at radius 3 is 2.54 bits per heavy atom. The van der Waals surface area contributed by atoms with Gasteiger partial charge in [0.05, 0.1) is 18.9 Å². The van der Waals surface area contributed by atoms with Gasteiger partial charge in [0, 0.05) is 71.1 Å². The van der Waals surface area contributed by atoms with Gasteiger partial charge in [-0.25, -0.2) is 9.78 Å². The standard InChI is InChI=1S/C35H38N6O5/c1-6-24-19-25(32(42)37-23(2)22-40-15-17-45-18-16-40)21-26(20-24)38-33-36-14-13-31(39-33)46-30-12-11-29(27-9-7-8-10-28(27)30)41(34(43)44)35(3,4)5/h1,7-14,19-21,23H,15-18,22H2,2-5H3,(H,37,42)(H,43,44)(H,36,38,39). The molecule has 11 nitrogen and oxygen atoms in total. The highest BCUT2D eigenvalue weighted by Crippen LogP contribution is 2.38. The fourth-order valence-corrected chi connectivity index (χ4v) is 5.43. The van der Waals surface area contributed by atoms with Crippen molar-refractivity contribution in [1.29, 1.82) is 0 Å². The van der Waals surface area contributed by atoms with E-state index in [2.05, 4.69) is 31.4 Å². The number of nitrogens with zero attached hydrogens (tertiary/aromatic N) is 4. The second-order valence-corrected chi connectivity index (χ2v) is 12.1. The van der Waals surface area contributed by atoms with Crippen molar-refractivity contribution in [2.75, 3.05) is 43.1 Å². The number of carbonyl (C=O) groups excluding carboxylic acids is 1. The molecule has 1 aliphatic heterocycles. The van der Waals surface area contributed by atoms with Gasteiger partial charge in [0.2, 0.25) is 11.8 Å². The lowest BCUT2D eigenvalue weighted by Crippen LogP contribution is -2.46. The number of anilines is 3. The van der Waals surface area contributed by atoms with Crippen LogP contribution in [0.3, 0.4) is 0 Å². The number of fused-ring (bicyclic) bond motifs is 1. The number of hydrogen-bond donors (Lipinski definition) is 3. The zero-order valence-electron chi connectivity index (χ0n) is 26.4. The summed E-state index contributed by atoms with van der Waals surface area (Å²) in [6.07, 6.45) is 6.22. The maximum Gasteiger partial charge on any atom is 0.412 e. The molecular weight excluding hydrogens is 584 g/mol. The van der Waals surface area contributed by atoms with Crippen molar-refractivity contribution in [2.45, 2.75) is 39.3 Å². The van der Waals surface area contributed by atoms with E-state index in [-0.39, 0.29) is 23.8 Å². The summed E-state index contributed by atoms with van der Waals surface area (Å²) in [4.78, 5) is 37.8. The molecule has 0 bridgehead atoms. The van der Waals surface area contributed by atoms with Crippen LogP contribution < -0.4 is 20.3 Å². The Labute approximate surface area is 268 Å². The Morgan fingerprint density at radius 1 is 1.11 bits per heavy atom. The molecule has 5 rings (SSSR count). The van der Waals surface area contributed by atoms with E-state index >= 15 is 0 Å². The summed E-state index contributed by atoms with van der Waals surface area (Å²) in [5.41, 5.74) is 1.38. The molecule has 46 heavy (non-hydrogen) atoms. The normalized spacial score (nSPS) is 14.2. The van der Waals surface area contributed by atoms with Gasteiger partial charge in [0.25, 0.3) is 5.91 Å². The third-order valence-electron chi connectivity index (χ3n) is 7.44. The van der Waals surface area contributed by atoms with Gasteiger partial charge in [-0.05, 0) is 58.0 Å². The quantitative estimate of drug-likeness (QED) is 0.196. The number of carbonyl (C=O) groups is 2. The maximum absolute atomic E-state index is 13.2. The number of aromatic nitrogens is 2. The Bertz CT molecular complexity index is 1770. The van der Waals surface area contributed by atoms with E-state index in [1.807, 2.05) is 52.0 Å². The smallest absolute Gasteiger partial charge is 0.412 e. The molecule has 11 heteroatoms. The Morgan fingerprint density at radius 2 is 1.85 bits per heavy atom. The first-order valence-electron chi connectivity index (χ1n) is 15.1. The van der Waals surface area contributed by atoms with Gasteiger partial charge in [-0.1, -0.05) is 30.2 Å². The molecule has 1 aromatic heterocycles. The Hall–Kier alpha value is -5.18. The fourth-order valence-electron chi connectivity index (χ4n) is 5.43. The average molecular weight is 623 g/mol. The lowest BCUT2D eigenvalue weighted by molar-refractivity contribution is 0.0342. The number of morpholine rings is 1. The highest BCUT2D eigenvalue weighted by Gasteiger charge is 2.29. The van der Waals surface area contributed by atoms with Crippen molar-refractivity contribution in [3.63, 3.8) is 0 Å². The van der Waals surface area contributed by atoms with E-state index in [4.69, 9.17) is 15.9 Å². The van der Waals surface area contributed by atoms with E-state index in [0.29, 0.717) is 41.5 Å². The Kier molecular flexibility index (Phi) is 9.70. The minimum Gasteiger partial charge on any atom is -0.465 e. The number of terminal acetylenes is 1. The van der Waals surface area contributed by atoms with Crippen molar-refractivity contribution in [3.05, 3.63) is 78.0 Å². The lowest BCUT2D eigenvalue weighted by Gasteiger charge is -2.34. The number of ether oxygens (including phenoxy) is 2. The zero-order chi connectivity index (χ0) is 32.8. The molecule has 238 valence electrons. The minimum atomic E-state index is -1.05. The highest BCUT2D eigenvalue weighted by atomic mass is 16.5. The van der Waals surface area contributed by atoms with Crippen LogP contribution in [0.1, 0.15) is 43.6 Å². The topological polar surface area (TPSA) is 129 Å².